The smallest absolute Gasteiger partial charge is 0.232 e. The van der Waals surface area contributed by atoms with E-state index in [2.05, 4.69) is 19.9 Å². The fourth-order valence-corrected chi connectivity index (χ4v) is 5.28. The molecule has 28 heavy (non-hydrogen) atoms. The van der Waals surface area contributed by atoms with Crippen molar-refractivity contribution in [3.05, 3.63) is 43.2 Å². The molecule has 4 rings (SSSR count). The van der Waals surface area contributed by atoms with Crippen molar-refractivity contribution in [2.75, 3.05) is 25.2 Å². The van der Waals surface area contributed by atoms with Gasteiger partial charge in [-0.2, -0.15) is 0 Å². The molecule has 0 fully saturated rings. The summed E-state index contributed by atoms with van der Waals surface area (Å²) in [6.07, 6.45) is 8.17. The predicted molar refractivity (Wildman–Crippen MR) is 109 cm³/mol. The van der Waals surface area contributed by atoms with Gasteiger partial charge in [0.25, 0.3) is 0 Å². The maximum Gasteiger partial charge on any atom is 0.232 e. The molecule has 0 bridgehead atoms. The highest BCUT2D eigenvalue weighted by molar-refractivity contribution is 7.93. The lowest BCUT2D eigenvalue weighted by Crippen LogP contribution is -2.11. The molecule has 0 aliphatic carbocycles. The SMILES string of the molecule is COCC[S@+]([O-])c1sc2nc(-c3cncnc3)cc(-c3ncccn3)c2c1N. The predicted octanol–water partition coefficient (Wildman–Crippen LogP) is 2.55. The number of fused-ring (bicyclic) bond motifs is 1. The van der Waals surface area contributed by atoms with Crippen LogP contribution in [0.25, 0.3) is 32.9 Å². The Labute approximate surface area is 168 Å². The van der Waals surface area contributed by atoms with Gasteiger partial charge in [-0.15, -0.1) is 0 Å². The Bertz CT molecular complexity index is 1090. The van der Waals surface area contributed by atoms with Crippen LogP contribution in [0.1, 0.15) is 0 Å². The van der Waals surface area contributed by atoms with Crippen molar-refractivity contribution in [2.24, 2.45) is 0 Å². The highest BCUT2D eigenvalue weighted by Crippen LogP contribution is 2.42. The van der Waals surface area contributed by atoms with E-state index in [1.165, 1.54) is 17.7 Å². The van der Waals surface area contributed by atoms with E-state index in [1.54, 1.807) is 38.0 Å². The van der Waals surface area contributed by atoms with E-state index < -0.39 is 11.2 Å². The molecule has 0 radical (unpaired) electrons. The zero-order valence-electron chi connectivity index (χ0n) is 14.9. The lowest BCUT2D eigenvalue weighted by atomic mass is 10.1. The van der Waals surface area contributed by atoms with Crippen molar-refractivity contribution in [2.45, 2.75) is 4.21 Å². The summed E-state index contributed by atoms with van der Waals surface area (Å²) < 4.78 is 18.3. The average Bonchev–Trinajstić information content (AvgIpc) is 3.09. The van der Waals surface area contributed by atoms with Crippen molar-refractivity contribution in [1.82, 2.24) is 24.9 Å². The molecule has 4 aromatic heterocycles. The highest BCUT2D eigenvalue weighted by Gasteiger charge is 2.25. The van der Waals surface area contributed by atoms with Crippen LogP contribution in [0.3, 0.4) is 0 Å². The van der Waals surface area contributed by atoms with Gasteiger partial charge in [-0.05, 0) is 12.1 Å². The first-order valence-electron chi connectivity index (χ1n) is 8.32. The van der Waals surface area contributed by atoms with Crippen LogP contribution in [0.2, 0.25) is 0 Å². The second kappa shape index (κ2) is 8.15. The normalized spacial score (nSPS) is 12.4. The summed E-state index contributed by atoms with van der Waals surface area (Å²) in [5.74, 6) is 0.885. The highest BCUT2D eigenvalue weighted by atomic mass is 32.2. The van der Waals surface area contributed by atoms with Crippen molar-refractivity contribution in [1.29, 1.82) is 0 Å². The number of thiophene rings is 1. The lowest BCUT2D eigenvalue weighted by Gasteiger charge is -2.08. The fourth-order valence-electron chi connectivity index (χ4n) is 2.72. The third-order valence-electron chi connectivity index (χ3n) is 4.01. The summed E-state index contributed by atoms with van der Waals surface area (Å²) in [5.41, 5.74) is 9.00. The molecule has 0 saturated carbocycles. The standard InChI is InChI=1S/C18H16N6O2S2/c1-26-5-6-28(25)18-15(19)14-12(16-22-3-2-4-23-16)7-13(24-17(14)27-18)11-8-20-10-21-9-11/h2-4,7-10H,5-6,19H2,1H3/t28-/m0/s1. The largest absolute Gasteiger partial charge is 0.611 e. The number of nitrogens with zero attached hydrogens (tertiary/aromatic N) is 5. The molecule has 1 atom stereocenters. The Morgan fingerprint density at radius 2 is 1.96 bits per heavy atom. The number of anilines is 1. The first-order chi connectivity index (χ1) is 13.7. The van der Waals surface area contributed by atoms with Gasteiger partial charge >= 0.3 is 0 Å². The lowest BCUT2D eigenvalue weighted by molar-refractivity contribution is 0.217. The van der Waals surface area contributed by atoms with Crippen LogP contribution in [-0.4, -0.2) is 48.9 Å². The van der Waals surface area contributed by atoms with Gasteiger partial charge < -0.3 is 15.0 Å². The van der Waals surface area contributed by atoms with Crippen molar-refractivity contribution in [3.8, 4) is 22.6 Å². The number of pyridine rings is 1. The van der Waals surface area contributed by atoms with Gasteiger partial charge in [-0.25, -0.2) is 24.9 Å². The van der Waals surface area contributed by atoms with Gasteiger partial charge in [0.2, 0.25) is 4.21 Å². The summed E-state index contributed by atoms with van der Waals surface area (Å²) in [6.45, 7) is 0.384. The molecule has 0 unspecified atom stereocenters. The molecule has 142 valence electrons. The van der Waals surface area contributed by atoms with Crippen LogP contribution in [0.15, 0.2) is 47.5 Å². The molecule has 8 nitrogen and oxygen atoms in total. The van der Waals surface area contributed by atoms with Crippen molar-refractivity contribution < 1.29 is 9.29 Å². The van der Waals surface area contributed by atoms with E-state index in [1.807, 2.05) is 6.07 Å². The second-order valence-corrected chi connectivity index (χ2v) is 8.55. The Morgan fingerprint density at radius 3 is 2.68 bits per heavy atom. The molecule has 0 amide bonds. The van der Waals surface area contributed by atoms with E-state index in [0.29, 0.717) is 44.0 Å². The molecular formula is C18H16N6O2S2. The average molecular weight is 413 g/mol. The van der Waals surface area contributed by atoms with E-state index in [4.69, 9.17) is 15.5 Å². The van der Waals surface area contributed by atoms with Crippen LogP contribution < -0.4 is 5.73 Å². The summed E-state index contributed by atoms with van der Waals surface area (Å²) in [5, 5.41) is 0.706. The van der Waals surface area contributed by atoms with E-state index >= 15 is 0 Å². The Hall–Kier alpha value is -2.66. The maximum atomic E-state index is 12.7. The van der Waals surface area contributed by atoms with Gasteiger partial charge in [0, 0.05) is 54.2 Å². The number of ether oxygens (including phenoxy) is 1. The molecular weight excluding hydrogens is 396 g/mol. The second-order valence-electron chi connectivity index (χ2n) is 5.78. The number of nitrogen functional groups attached to an aromatic ring is 1. The van der Waals surface area contributed by atoms with E-state index in [9.17, 15) is 4.55 Å². The summed E-state index contributed by atoms with van der Waals surface area (Å²) in [7, 11) is 1.58. The Kier molecular flexibility index (Phi) is 5.44. The van der Waals surface area contributed by atoms with Crippen LogP contribution in [0.4, 0.5) is 5.69 Å². The third-order valence-corrected chi connectivity index (χ3v) is 6.88. The summed E-state index contributed by atoms with van der Waals surface area (Å²) >= 11 is 0.0316. The first-order valence-corrected chi connectivity index (χ1v) is 10.5. The fraction of sp³-hybridized carbons (Fsp3) is 0.167. The van der Waals surface area contributed by atoms with Crippen molar-refractivity contribution >= 4 is 38.4 Å². The van der Waals surface area contributed by atoms with E-state index in [-0.39, 0.29) is 0 Å². The topological polar surface area (TPSA) is 123 Å². The summed E-state index contributed by atoms with van der Waals surface area (Å²) in [6, 6.07) is 3.61. The number of hydrogen-bond donors (Lipinski definition) is 1. The number of aromatic nitrogens is 5. The molecule has 0 spiro atoms. The molecule has 4 aromatic rings. The van der Waals surface area contributed by atoms with Gasteiger partial charge in [-0.3, -0.25) is 0 Å². The Morgan fingerprint density at radius 1 is 1.21 bits per heavy atom. The van der Waals surface area contributed by atoms with Gasteiger partial charge in [-0.1, -0.05) is 11.3 Å². The van der Waals surface area contributed by atoms with Gasteiger partial charge in [0.05, 0.1) is 17.7 Å². The molecule has 0 aliphatic heterocycles. The minimum atomic E-state index is -1.28. The van der Waals surface area contributed by atoms with Gasteiger partial charge in [0.15, 0.2) is 5.82 Å². The van der Waals surface area contributed by atoms with Crippen LogP contribution in [0.5, 0.6) is 0 Å². The monoisotopic (exact) mass is 412 g/mol. The quantitative estimate of drug-likeness (QED) is 0.479. The maximum absolute atomic E-state index is 12.7. The number of rotatable bonds is 6. The third kappa shape index (κ3) is 3.54. The van der Waals surface area contributed by atoms with Gasteiger partial charge in [0.1, 0.15) is 22.6 Å². The molecule has 0 saturated heterocycles. The number of hydrogen-bond acceptors (Lipinski definition) is 9. The minimum absolute atomic E-state index is 0.365. The Balaban J connectivity index is 1.94. The molecule has 10 heteroatoms. The van der Waals surface area contributed by atoms with Crippen molar-refractivity contribution in [3.63, 3.8) is 0 Å². The van der Waals surface area contributed by atoms with Crippen LogP contribution >= 0.6 is 11.3 Å². The molecule has 4 heterocycles. The summed E-state index contributed by atoms with van der Waals surface area (Å²) in [4.78, 5) is 22.2. The zero-order chi connectivity index (χ0) is 19.5. The van der Waals surface area contributed by atoms with Crippen LogP contribution in [0, 0.1) is 0 Å². The molecule has 0 aromatic carbocycles. The van der Waals surface area contributed by atoms with Crippen LogP contribution in [-0.2, 0) is 15.9 Å². The zero-order valence-corrected chi connectivity index (χ0v) is 16.5. The first kappa shape index (κ1) is 18.7. The van der Waals surface area contributed by atoms with E-state index in [0.717, 1.165) is 11.1 Å². The molecule has 2 N–H and O–H groups in total. The number of nitrogens with two attached hydrogens (primary N) is 1. The minimum Gasteiger partial charge on any atom is -0.611 e. The molecule has 0 aliphatic rings. The number of methoxy groups -OCH3 is 1.